The Morgan fingerprint density at radius 1 is 0.667 bits per heavy atom. The third-order valence-corrected chi connectivity index (χ3v) is 6.74. The third-order valence-electron chi connectivity index (χ3n) is 6.74. The molecule has 0 aromatic rings. The molecule has 30 heavy (non-hydrogen) atoms. The second-order valence-corrected chi connectivity index (χ2v) is 8.29. The molecule has 3 fully saturated rings. The van der Waals surface area contributed by atoms with Crippen LogP contribution in [0.3, 0.4) is 0 Å². The van der Waals surface area contributed by atoms with Gasteiger partial charge in [-0.2, -0.15) is 0 Å². The Morgan fingerprint density at radius 3 is 1.23 bits per heavy atom. The van der Waals surface area contributed by atoms with Gasteiger partial charge >= 0.3 is 11.9 Å². The average molecular weight is 418 g/mol. The second-order valence-electron chi connectivity index (χ2n) is 8.29. The molecule has 5 aliphatic rings. The number of carbonyl (C=O) groups is 6. The summed E-state index contributed by atoms with van der Waals surface area (Å²) < 4.78 is 0. The van der Waals surface area contributed by atoms with Gasteiger partial charge in [0.15, 0.2) is 0 Å². The maximum Gasteiger partial charge on any atom is 0.303 e. The number of carboxylic acid groups (broad SMARTS) is 2. The maximum atomic E-state index is 13.0. The Labute approximate surface area is 171 Å². The number of carboxylic acids is 2. The predicted molar refractivity (Wildman–Crippen MR) is 97.3 cm³/mol. The summed E-state index contributed by atoms with van der Waals surface area (Å²) in [5, 5.41) is 17.6. The first kappa shape index (κ1) is 20.2. The highest BCUT2D eigenvalue weighted by Crippen LogP contribution is 2.57. The molecule has 0 spiro atoms. The number of imide groups is 2. The lowest BCUT2D eigenvalue weighted by Gasteiger charge is -2.44. The van der Waals surface area contributed by atoms with Crippen molar-refractivity contribution < 1.29 is 39.0 Å². The molecular weight excluding hydrogens is 396 g/mol. The number of hydrogen-bond donors (Lipinski definition) is 2. The topological polar surface area (TPSA) is 149 Å². The molecule has 3 aliphatic carbocycles. The summed E-state index contributed by atoms with van der Waals surface area (Å²) in [7, 11) is 0. The van der Waals surface area contributed by atoms with E-state index in [4.69, 9.17) is 10.2 Å². The Hall–Kier alpha value is -3.04. The monoisotopic (exact) mass is 418 g/mol. The van der Waals surface area contributed by atoms with E-state index >= 15 is 0 Å². The first-order valence-corrected chi connectivity index (χ1v) is 10.1. The molecule has 5 rings (SSSR count). The number of allylic oxidation sites excluding steroid dienone is 2. The number of rotatable bonds is 8. The number of amides is 4. The molecule has 2 heterocycles. The van der Waals surface area contributed by atoms with E-state index in [9.17, 15) is 28.8 Å². The van der Waals surface area contributed by atoms with E-state index in [1.165, 1.54) is 0 Å². The fourth-order valence-electron chi connectivity index (χ4n) is 5.57. The molecule has 2 bridgehead atoms. The fourth-order valence-corrected chi connectivity index (χ4v) is 5.57. The summed E-state index contributed by atoms with van der Waals surface area (Å²) in [6.07, 6.45) is 3.49. The summed E-state index contributed by atoms with van der Waals surface area (Å²) >= 11 is 0. The molecule has 2 aliphatic heterocycles. The molecule has 2 unspecified atom stereocenters. The highest BCUT2D eigenvalue weighted by atomic mass is 16.4. The summed E-state index contributed by atoms with van der Waals surface area (Å²) in [5.41, 5.74) is 0. The molecule has 0 radical (unpaired) electrons. The van der Waals surface area contributed by atoms with Crippen molar-refractivity contribution in [3.8, 4) is 0 Å². The van der Waals surface area contributed by atoms with Crippen LogP contribution in [0, 0.1) is 35.5 Å². The zero-order chi connectivity index (χ0) is 21.7. The molecule has 10 heteroatoms. The van der Waals surface area contributed by atoms with Crippen LogP contribution in [0.1, 0.15) is 25.7 Å². The van der Waals surface area contributed by atoms with Crippen LogP contribution in [-0.4, -0.2) is 68.7 Å². The molecule has 6 atom stereocenters. The zero-order valence-corrected chi connectivity index (χ0v) is 16.1. The van der Waals surface area contributed by atoms with Crippen molar-refractivity contribution in [1.29, 1.82) is 0 Å². The Balaban J connectivity index is 1.55. The highest BCUT2D eigenvalue weighted by molar-refractivity contribution is 6.10. The van der Waals surface area contributed by atoms with E-state index in [-0.39, 0.29) is 38.8 Å². The van der Waals surface area contributed by atoms with Gasteiger partial charge in [0.2, 0.25) is 23.6 Å². The molecular formula is C20H22N2O8. The van der Waals surface area contributed by atoms with Crippen LogP contribution in [0.2, 0.25) is 0 Å². The van der Waals surface area contributed by atoms with Gasteiger partial charge in [-0.05, 0) is 12.8 Å². The average Bonchev–Trinajstić information content (AvgIpc) is 3.10. The van der Waals surface area contributed by atoms with E-state index in [2.05, 4.69) is 0 Å². The molecule has 2 saturated heterocycles. The lowest BCUT2D eigenvalue weighted by molar-refractivity contribution is -0.143. The summed E-state index contributed by atoms with van der Waals surface area (Å²) in [6.45, 7) is 0.0178. The lowest BCUT2D eigenvalue weighted by atomic mass is 9.54. The van der Waals surface area contributed by atoms with Gasteiger partial charge in [-0.25, -0.2) is 0 Å². The lowest BCUT2D eigenvalue weighted by Crippen LogP contribution is -2.50. The van der Waals surface area contributed by atoms with Crippen molar-refractivity contribution in [1.82, 2.24) is 9.80 Å². The van der Waals surface area contributed by atoms with Crippen LogP contribution >= 0.6 is 0 Å². The predicted octanol–water partition coefficient (Wildman–Crippen LogP) is -0.266. The Kier molecular flexibility index (Phi) is 4.95. The Morgan fingerprint density at radius 2 is 0.967 bits per heavy atom. The Bertz CT molecular complexity index is 766. The van der Waals surface area contributed by atoms with Crippen molar-refractivity contribution in [3.63, 3.8) is 0 Å². The minimum atomic E-state index is -1.01. The van der Waals surface area contributed by atoms with Crippen molar-refractivity contribution >= 4 is 35.6 Å². The van der Waals surface area contributed by atoms with E-state index in [0.717, 1.165) is 9.80 Å². The highest BCUT2D eigenvalue weighted by Gasteiger charge is 2.68. The van der Waals surface area contributed by atoms with E-state index in [1.807, 2.05) is 0 Å². The van der Waals surface area contributed by atoms with Crippen molar-refractivity contribution in [2.75, 3.05) is 13.1 Å². The first-order chi connectivity index (χ1) is 14.2. The maximum absolute atomic E-state index is 13.0. The summed E-state index contributed by atoms with van der Waals surface area (Å²) in [4.78, 5) is 75.5. The van der Waals surface area contributed by atoms with Crippen LogP contribution in [0.4, 0.5) is 0 Å². The SMILES string of the molecule is O=C(O)CCCN1C(=O)[C@@H]2C3C=CC([C@H]2C1=O)[C@@H]1C(=O)N(CCCC(=O)O)C(=O)[C@@H]31. The van der Waals surface area contributed by atoms with Crippen LogP contribution in [0.5, 0.6) is 0 Å². The second kappa shape index (κ2) is 7.33. The third kappa shape index (κ3) is 2.93. The number of carbonyl (C=O) groups excluding carboxylic acids is 4. The summed E-state index contributed by atoms with van der Waals surface area (Å²) in [5.74, 6) is -7.62. The van der Waals surface area contributed by atoms with Gasteiger partial charge in [0.25, 0.3) is 0 Å². The summed E-state index contributed by atoms with van der Waals surface area (Å²) in [6, 6.07) is 0. The largest absolute Gasteiger partial charge is 0.481 e. The van der Waals surface area contributed by atoms with E-state index < -0.39 is 71.1 Å². The smallest absolute Gasteiger partial charge is 0.303 e. The molecule has 0 aromatic heterocycles. The number of likely N-dealkylation sites (tertiary alicyclic amines) is 2. The van der Waals surface area contributed by atoms with Gasteiger partial charge in [0.05, 0.1) is 23.7 Å². The van der Waals surface area contributed by atoms with Crippen LogP contribution in [-0.2, 0) is 28.8 Å². The van der Waals surface area contributed by atoms with Gasteiger partial charge in [-0.1, -0.05) is 12.2 Å². The zero-order valence-electron chi connectivity index (χ0n) is 16.1. The molecule has 0 aromatic carbocycles. The first-order valence-electron chi connectivity index (χ1n) is 10.1. The van der Waals surface area contributed by atoms with Gasteiger partial charge in [0.1, 0.15) is 0 Å². The van der Waals surface area contributed by atoms with Crippen molar-refractivity contribution in [2.45, 2.75) is 25.7 Å². The van der Waals surface area contributed by atoms with Gasteiger partial charge in [-0.3, -0.25) is 38.6 Å². The molecule has 160 valence electrons. The quantitative estimate of drug-likeness (QED) is 0.404. The van der Waals surface area contributed by atoms with E-state index in [0.29, 0.717) is 0 Å². The van der Waals surface area contributed by atoms with Crippen LogP contribution in [0.25, 0.3) is 0 Å². The minimum Gasteiger partial charge on any atom is -0.481 e. The number of nitrogens with zero attached hydrogens (tertiary/aromatic N) is 2. The van der Waals surface area contributed by atoms with Gasteiger partial charge in [-0.15, -0.1) is 0 Å². The van der Waals surface area contributed by atoms with Crippen molar-refractivity contribution in [3.05, 3.63) is 12.2 Å². The van der Waals surface area contributed by atoms with Crippen LogP contribution in [0.15, 0.2) is 12.2 Å². The molecule has 2 N–H and O–H groups in total. The molecule has 1 saturated carbocycles. The van der Waals surface area contributed by atoms with Crippen LogP contribution < -0.4 is 0 Å². The normalized spacial score (nSPS) is 34.0. The fraction of sp³-hybridized carbons (Fsp3) is 0.600. The molecule has 10 nitrogen and oxygen atoms in total. The van der Waals surface area contributed by atoms with Gasteiger partial charge < -0.3 is 10.2 Å². The standard InChI is InChI=1S/C20H22N2O8/c23-11(24)3-1-7-21-17(27)13-9-5-6-10(14(13)18(21)28)16-15(9)19(29)22(20(16)30)8-2-4-12(25)26/h5-6,9-10,13-16H,1-4,7-8H2,(H,23,24)(H,25,26)/t9?,10?,13-,14-,15+,16+. The van der Waals surface area contributed by atoms with E-state index in [1.54, 1.807) is 12.2 Å². The van der Waals surface area contributed by atoms with Gasteiger partial charge in [0, 0.05) is 37.8 Å². The van der Waals surface area contributed by atoms with Crippen molar-refractivity contribution in [2.24, 2.45) is 35.5 Å². The minimum absolute atomic E-state index is 0.00888. The number of aliphatic carboxylic acids is 2. The number of hydrogen-bond acceptors (Lipinski definition) is 6. The molecule has 4 amide bonds.